The van der Waals surface area contributed by atoms with E-state index in [9.17, 15) is 0 Å². The average molecular weight is 342 g/mol. The largest absolute Gasteiger partial charge is 0.271 e. The predicted molar refractivity (Wildman–Crippen MR) is 89.2 cm³/mol. The number of halogens is 1. The Morgan fingerprint density at radius 3 is 2.40 bits per heavy atom. The molecule has 0 saturated carbocycles. The molecular formula is C16H28BrN3. The average Bonchev–Trinajstić information content (AvgIpc) is 2.47. The molecule has 3 nitrogen and oxygen atoms in total. The highest BCUT2D eigenvalue weighted by molar-refractivity contribution is 9.10. The molecule has 0 bridgehead atoms. The lowest BCUT2D eigenvalue weighted by molar-refractivity contribution is 0.465. The fourth-order valence-electron chi connectivity index (χ4n) is 2.44. The van der Waals surface area contributed by atoms with E-state index in [-0.39, 0.29) is 6.04 Å². The van der Waals surface area contributed by atoms with Gasteiger partial charge in [0.1, 0.15) is 0 Å². The molecule has 4 heteroatoms. The van der Waals surface area contributed by atoms with E-state index in [0.717, 1.165) is 16.6 Å². The first kappa shape index (κ1) is 17.6. The molecule has 0 fully saturated rings. The van der Waals surface area contributed by atoms with Crippen LogP contribution in [0.3, 0.4) is 0 Å². The van der Waals surface area contributed by atoms with Gasteiger partial charge in [0.25, 0.3) is 0 Å². The monoisotopic (exact) mass is 341 g/mol. The van der Waals surface area contributed by atoms with Crippen molar-refractivity contribution in [1.29, 1.82) is 0 Å². The Morgan fingerprint density at radius 1 is 1.15 bits per heavy atom. The van der Waals surface area contributed by atoms with Gasteiger partial charge in [-0.25, -0.2) is 0 Å². The van der Waals surface area contributed by atoms with Gasteiger partial charge in [-0.05, 0) is 34.5 Å². The van der Waals surface area contributed by atoms with E-state index in [4.69, 9.17) is 5.84 Å². The fraction of sp³-hybridized carbons (Fsp3) is 0.688. The van der Waals surface area contributed by atoms with Crippen molar-refractivity contribution in [3.8, 4) is 0 Å². The first-order valence-corrected chi connectivity index (χ1v) is 8.65. The molecule has 3 N–H and O–H groups in total. The number of hydrogen-bond donors (Lipinski definition) is 2. The van der Waals surface area contributed by atoms with Crippen LogP contribution in [0.2, 0.25) is 0 Å². The number of hydrogen-bond acceptors (Lipinski definition) is 3. The van der Waals surface area contributed by atoms with Crippen molar-refractivity contribution in [2.75, 3.05) is 0 Å². The van der Waals surface area contributed by atoms with Gasteiger partial charge in [0, 0.05) is 10.7 Å². The molecule has 0 aliphatic heterocycles. The third-order valence-corrected chi connectivity index (χ3v) is 4.34. The second-order valence-electron chi connectivity index (χ2n) is 5.35. The molecule has 0 aromatic carbocycles. The summed E-state index contributed by atoms with van der Waals surface area (Å²) in [5, 5.41) is 0. The fourth-order valence-corrected chi connectivity index (χ4v) is 2.97. The topological polar surface area (TPSA) is 50.9 Å². The number of nitrogens with one attached hydrogen (secondary N) is 1. The van der Waals surface area contributed by atoms with Gasteiger partial charge in [0.15, 0.2) is 0 Å². The van der Waals surface area contributed by atoms with Crippen LogP contribution in [0.1, 0.15) is 76.4 Å². The number of nitrogens with zero attached hydrogens (tertiary/aromatic N) is 1. The van der Waals surface area contributed by atoms with Crippen molar-refractivity contribution in [2.45, 2.75) is 70.8 Å². The zero-order valence-corrected chi connectivity index (χ0v) is 14.2. The SMILES string of the molecule is CCCCCCCCCCC(NN)c1ncccc1Br. The van der Waals surface area contributed by atoms with E-state index < -0.39 is 0 Å². The first-order valence-electron chi connectivity index (χ1n) is 7.86. The lowest BCUT2D eigenvalue weighted by atomic mass is 10.0. The standard InChI is InChI=1S/C16H28BrN3/c1-2-3-4-5-6-7-8-9-12-15(20-18)16-14(17)11-10-13-19-16/h10-11,13,15,20H,2-9,12,18H2,1H3. The molecule has 1 aromatic rings. The molecule has 20 heavy (non-hydrogen) atoms. The third-order valence-electron chi connectivity index (χ3n) is 3.66. The lowest BCUT2D eigenvalue weighted by Gasteiger charge is -2.16. The minimum Gasteiger partial charge on any atom is -0.271 e. The molecule has 0 saturated heterocycles. The van der Waals surface area contributed by atoms with E-state index in [1.54, 1.807) is 0 Å². The number of pyridine rings is 1. The lowest BCUT2D eigenvalue weighted by Crippen LogP contribution is -2.28. The smallest absolute Gasteiger partial charge is 0.0728 e. The summed E-state index contributed by atoms with van der Waals surface area (Å²) in [6.07, 6.45) is 13.5. The molecule has 0 aliphatic rings. The summed E-state index contributed by atoms with van der Waals surface area (Å²) in [6.45, 7) is 2.26. The van der Waals surface area contributed by atoms with Crippen LogP contribution in [0, 0.1) is 0 Å². The van der Waals surface area contributed by atoms with Gasteiger partial charge in [0.05, 0.1) is 11.7 Å². The van der Waals surface area contributed by atoms with Gasteiger partial charge in [-0.1, -0.05) is 58.3 Å². The van der Waals surface area contributed by atoms with Crippen molar-refractivity contribution < 1.29 is 0 Å². The van der Waals surface area contributed by atoms with Crippen LogP contribution in [0.4, 0.5) is 0 Å². The minimum atomic E-state index is 0.144. The molecule has 0 aliphatic carbocycles. The van der Waals surface area contributed by atoms with Crippen molar-refractivity contribution in [2.24, 2.45) is 5.84 Å². The molecule has 1 rings (SSSR count). The zero-order valence-electron chi connectivity index (χ0n) is 12.6. The van der Waals surface area contributed by atoms with Gasteiger partial charge in [0.2, 0.25) is 0 Å². The summed E-state index contributed by atoms with van der Waals surface area (Å²) in [4.78, 5) is 4.41. The molecule has 0 amide bonds. The van der Waals surface area contributed by atoms with Crippen LogP contribution < -0.4 is 11.3 Å². The first-order chi connectivity index (χ1) is 9.79. The zero-order chi connectivity index (χ0) is 14.6. The van der Waals surface area contributed by atoms with Gasteiger partial charge >= 0.3 is 0 Å². The number of nitrogens with two attached hydrogens (primary N) is 1. The Balaban J connectivity index is 2.18. The predicted octanol–water partition coefficient (Wildman–Crippen LogP) is 4.88. The number of unbranched alkanes of at least 4 members (excludes halogenated alkanes) is 7. The van der Waals surface area contributed by atoms with Gasteiger partial charge in [-0.2, -0.15) is 0 Å². The summed E-state index contributed by atoms with van der Waals surface area (Å²) in [5.74, 6) is 5.66. The Kier molecular flexibility index (Phi) is 9.89. The molecule has 0 radical (unpaired) electrons. The van der Waals surface area contributed by atoms with Crippen molar-refractivity contribution in [3.05, 3.63) is 28.5 Å². The maximum atomic E-state index is 5.66. The molecule has 114 valence electrons. The molecule has 1 atom stereocenters. The highest BCUT2D eigenvalue weighted by Gasteiger charge is 2.13. The summed E-state index contributed by atoms with van der Waals surface area (Å²) < 4.78 is 1.03. The van der Waals surface area contributed by atoms with Crippen LogP contribution in [-0.4, -0.2) is 4.98 Å². The molecule has 1 unspecified atom stereocenters. The van der Waals surface area contributed by atoms with E-state index in [2.05, 4.69) is 33.3 Å². The highest BCUT2D eigenvalue weighted by atomic mass is 79.9. The Hall–Kier alpha value is -0.450. The number of aromatic nitrogens is 1. The summed E-state index contributed by atoms with van der Waals surface area (Å²) in [7, 11) is 0. The van der Waals surface area contributed by atoms with Gasteiger partial charge in [-0.3, -0.25) is 16.3 Å². The molecule has 0 spiro atoms. The quantitative estimate of drug-likeness (QED) is 0.342. The van der Waals surface area contributed by atoms with Crippen molar-refractivity contribution in [1.82, 2.24) is 10.4 Å². The van der Waals surface area contributed by atoms with Crippen LogP contribution in [0.15, 0.2) is 22.8 Å². The second-order valence-corrected chi connectivity index (χ2v) is 6.21. The Morgan fingerprint density at radius 2 is 1.80 bits per heavy atom. The van der Waals surface area contributed by atoms with E-state index >= 15 is 0 Å². The number of hydrazine groups is 1. The second kappa shape index (κ2) is 11.2. The number of rotatable bonds is 11. The van der Waals surface area contributed by atoms with Gasteiger partial charge < -0.3 is 0 Å². The Labute approximate surface area is 131 Å². The molecule has 1 heterocycles. The van der Waals surface area contributed by atoms with Crippen LogP contribution >= 0.6 is 15.9 Å². The Bertz CT molecular complexity index is 357. The van der Waals surface area contributed by atoms with Crippen LogP contribution in [0.25, 0.3) is 0 Å². The maximum Gasteiger partial charge on any atom is 0.0728 e. The van der Waals surface area contributed by atoms with E-state index in [0.29, 0.717) is 0 Å². The normalized spacial score (nSPS) is 12.6. The van der Waals surface area contributed by atoms with Crippen molar-refractivity contribution in [3.63, 3.8) is 0 Å². The molecule has 1 aromatic heterocycles. The summed E-state index contributed by atoms with van der Waals surface area (Å²) in [6, 6.07) is 4.09. The minimum absolute atomic E-state index is 0.144. The van der Waals surface area contributed by atoms with Crippen LogP contribution in [0.5, 0.6) is 0 Å². The van der Waals surface area contributed by atoms with Crippen LogP contribution in [-0.2, 0) is 0 Å². The summed E-state index contributed by atoms with van der Waals surface area (Å²) >= 11 is 3.54. The molecular weight excluding hydrogens is 314 g/mol. The maximum absolute atomic E-state index is 5.66. The van der Waals surface area contributed by atoms with Crippen molar-refractivity contribution >= 4 is 15.9 Å². The van der Waals surface area contributed by atoms with Gasteiger partial charge in [-0.15, -0.1) is 0 Å². The highest BCUT2D eigenvalue weighted by Crippen LogP contribution is 2.24. The summed E-state index contributed by atoms with van der Waals surface area (Å²) in [5.41, 5.74) is 3.90. The third kappa shape index (κ3) is 6.82. The van der Waals surface area contributed by atoms with E-state index in [1.807, 2.05) is 18.3 Å². The van der Waals surface area contributed by atoms with E-state index in [1.165, 1.54) is 51.4 Å².